The third-order valence-corrected chi connectivity index (χ3v) is 6.38. The molecule has 6 nitrogen and oxygen atoms in total. The molecule has 160 valence electrons. The van der Waals surface area contributed by atoms with Crippen LogP contribution in [-0.2, 0) is 0 Å². The number of allylic oxidation sites excluding steroid dienone is 1. The van der Waals surface area contributed by atoms with Gasteiger partial charge in [-0.05, 0) is 57.4 Å². The topological polar surface area (TPSA) is 68.2 Å². The summed E-state index contributed by atoms with van der Waals surface area (Å²) in [4.78, 5) is 12.4. The largest absolute Gasteiger partial charge is 0.497 e. The number of aryl methyl sites for hydroxylation is 1. The molecule has 1 heterocycles. The molecule has 2 atom stereocenters. The second kappa shape index (κ2) is 8.94. The van der Waals surface area contributed by atoms with E-state index in [1.165, 1.54) is 24.8 Å². The summed E-state index contributed by atoms with van der Waals surface area (Å²) in [6, 6.07) is 8.28. The molecular weight excluding hydrogens is 376 g/mol. The molecule has 2 aliphatic rings. The highest BCUT2D eigenvalue weighted by Gasteiger charge is 2.27. The highest BCUT2D eigenvalue weighted by molar-refractivity contribution is 5.75. The van der Waals surface area contributed by atoms with Crippen LogP contribution in [0, 0.1) is 13.8 Å². The quantitative estimate of drug-likeness (QED) is 0.714. The lowest BCUT2D eigenvalue weighted by molar-refractivity contribution is 0.230. The number of benzene rings is 1. The first-order chi connectivity index (χ1) is 14.5. The van der Waals surface area contributed by atoms with E-state index in [9.17, 15) is 4.79 Å². The molecule has 1 fully saturated rings. The van der Waals surface area contributed by atoms with Gasteiger partial charge < -0.3 is 15.4 Å². The predicted molar refractivity (Wildman–Crippen MR) is 118 cm³/mol. The lowest BCUT2D eigenvalue weighted by Crippen LogP contribution is -2.46. The number of nitrogens with one attached hydrogen (secondary N) is 2. The van der Waals surface area contributed by atoms with E-state index in [1.54, 1.807) is 7.11 Å². The van der Waals surface area contributed by atoms with Gasteiger partial charge in [0.05, 0.1) is 18.5 Å². The Balaban J connectivity index is 1.41. The summed E-state index contributed by atoms with van der Waals surface area (Å²) in [5.41, 5.74) is 4.44. The van der Waals surface area contributed by atoms with Crippen molar-refractivity contribution in [1.29, 1.82) is 0 Å². The Morgan fingerprint density at radius 3 is 2.50 bits per heavy atom. The SMILES string of the molecule is COc1ccc(-n2nc(C)c([C@H]3C=C[C@@H](NC(=O)NC4CCCCC4)C3)c2C)cc1. The molecule has 1 aromatic carbocycles. The molecule has 2 N–H and O–H groups in total. The van der Waals surface area contributed by atoms with Gasteiger partial charge in [-0.15, -0.1) is 0 Å². The first-order valence-corrected chi connectivity index (χ1v) is 11.0. The van der Waals surface area contributed by atoms with E-state index < -0.39 is 0 Å². The third kappa shape index (κ3) is 4.37. The van der Waals surface area contributed by atoms with Crippen LogP contribution < -0.4 is 15.4 Å². The Morgan fingerprint density at radius 2 is 1.80 bits per heavy atom. The van der Waals surface area contributed by atoms with Crippen molar-refractivity contribution in [3.8, 4) is 11.4 Å². The summed E-state index contributed by atoms with van der Waals surface area (Å²) in [5, 5.41) is 11.1. The van der Waals surface area contributed by atoms with Crippen LogP contribution in [0.15, 0.2) is 36.4 Å². The molecule has 30 heavy (non-hydrogen) atoms. The number of aromatic nitrogens is 2. The summed E-state index contributed by atoms with van der Waals surface area (Å²) in [5.74, 6) is 1.09. The number of carbonyl (C=O) groups excluding carboxylic acids is 1. The number of methoxy groups -OCH3 is 1. The monoisotopic (exact) mass is 408 g/mol. The van der Waals surface area contributed by atoms with E-state index in [0.29, 0.717) is 6.04 Å². The van der Waals surface area contributed by atoms with Gasteiger partial charge in [0.25, 0.3) is 0 Å². The molecule has 4 rings (SSSR count). The zero-order valence-corrected chi connectivity index (χ0v) is 18.1. The summed E-state index contributed by atoms with van der Waals surface area (Å²) >= 11 is 0. The van der Waals surface area contributed by atoms with E-state index >= 15 is 0 Å². The summed E-state index contributed by atoms with van der Waals surface area (Å²) in [6.45, 7) is 4.18. The van der Waals surface area contributed by atoms with Gasteiger partial charge in [-0.1, -0.05) is 31.4 Å². The van der Waals surface area contributed by atoms with Crippen LogP contribution in [0.5, 0.6) is 5.75 Å². The normalized spacial score (nSPS) is 21.6. The first-order valence-electron chi connectivity index (χ1n) is 11.0. The fourth-order valence-corrected chi connectivity index (χ4v) is 4.83. The second-order valence-corrected chi connectivity index (χ2v) is 8.48. The molecule has 0 radical (unpaired) electrons. The lowest BCUT2D eigenvalue weighted by Gasteiger charge is -2.24. The smallest absolute Gasteiger partial charge is 0.315 e. The second-order valence-electron chi connectivity index (χ2n) is 8.48. The molecule has 2 aromatic rings. The zero-order chi connectivity index (χ0) is 21.1. The van der Waals surface area contributed by atoms with Crippen molar-refractivity contribution in [2.24, 2.45) is 0 Å². The van der Waals surface area contributed by atoms with Crippen LogP contribution in [0.1, 0.15) is 61.4 Å². The van der Waals surface area contributed by atoms with Crippen LogP contribution in [0.4, 0.5) is 4.79 Å². The number of nitrogens with zero attached hydrogens (tertiary/aromatic N) is 2. The van der Waals surface area contributed by atoms with E-state index in [0.717, 1.165) is 42.1 Å². The Morgan fingerprint density at radius 1 is 1.07 bits per heavy atom. The third-order valence-electron chi connectivity index (χ3n) is 6.38. The lowest BCUT2D eigenvalue weighted by atomic mass is 9.95. The summed E-state index contributed by atoms with van der Waals surface area (Å²) in [7, 11) is 1.67. The minimum atomic E-state index is -0.0421. The summed E-state index contributed by atoms with van der Waals surface area (Å²) < 4.78 is 7.25. The Hall–Kier alpha value is -2.76. The minimum Gasteiger partial charge on any atom is -0.497 e. The molecule has 1 saturated carbocycles. The maximum Gasteiger partial charge on any atom is 0.315 e. The van der Waals surface area contributed by atoms with Gasteiger partial charge in [0.15, 0.2) is 0 Å². The molecular formula is C24H32N4O2. The van der Waals surface area contributed by atoms with Crippen LogP contribution in [0.2, 0.25) is 0 Å². The molecule has 1 aromatic heterocycles. The number of hydrogen-bond donors (Lipinski definition) is 2. The van der Waals surface area contributed by atoms with Gasteiger partial charge in [-0.3, -0.25) is 0 Å². The average Bonchev–Trinajstić information content (AvgIpc) is 3.32. The highest BCUT2D eigenvalue weighted by Crippen LogP contribution is 2.34. The highest BCUT2D eigenvalue weighted by atomic mass is 16.5. The van der Waals surface area contributed by atoms with Gasteiger partial charge in [-0.2, -0.15) is 5.10 Å². The predicted octanol–water partition coefficient (Wildman–Crippen LogP) is 4.54. The van der Waals surface area contributed by atoms with E-state index in [-0.39, 0.29) is 18.0 Å². The van der Waals surface area contributed by atoms with Gasteiger partial charge >= 0.3 is 6.03 Å². The maximum atomic E-state index is 12.4. The number of hydrogen-bond acceptors (Lipinski definition) is 3. The van der Waals surface area contributed by atoms with Gasteiger partial charge in [0.1, 0.15) is 5.75 Å². The Labute approximate surface area is 178 Å². The molecule has 0 spiro atoms. The Kier molecular flexibility index (Phi) is 6.11. The number of ether oxygens (including phenoxy) is 1. The Bertz CT molecular complexity index is 910. The van der Waals surface area contributed by atoms with Crippen molar-refractivity contribution in [3.63, 3.8) is 0 Å². The number of rotatable bonds is 5. The maximum absolute atomic E-state index is 12.4. The van der Waals surface area contributed by atoms with Crippen LogP contribution in [-0.4, -0.2) is 35.0 Å². The van der Waals surface area contributed by atoms with E-state index in [1.807, 2.05) is 28.9 Å². The van der Waals surface area contributed by atoms with Crippen molar-refractivity contribution >= 4 is 6.03 Å². The fraction of sp³-hybridized carbons (Fsp3) is 0.500. The van der Waals surface area contributed by atoms with Crippen molar-refractivity contribution in [2.45, 2.75) is 70.4 Å². The van der Waals surface area contributed by atoms with Crippen molar-refractivity contribution in [1.82, 2.24) is 20.4 Å². The molecule has 6 heteroatoms. The standard InChI is InChI=1S/C24H32N4O2/c1-16-23(17(2)28(27-16)21-11-13-22(30-3)14-12-21)18-9-10-20(15-18)26-24(29)25-19-7-5-4-6-8-19/h9-14,18-20H,4-8,15H2,1-3H3,(H2,25,26,29)/t18-,20+/m0/s1. The van der Waals surface area contributed by atoms with E-state index in [2.05, 4.69) is 36.6 Å². The molecule has 2 amide bonds. The molecule has 0 saturated heterocycles. The number of amides is 2. The van der Waals surface area contributed by atoms with Crippen molar-refractivity contribution in [3.05, 3.63) is 53.4 Å². The summed E-state index contributed by atoms with van der Waals surface area (Å²) in [6.07, 6.45) is 11.1. The molecule has 0 aliphatic heterocycles. The fourth-order valence-electron chi connectivity index (χ4n) is 4.83. The van der Waals surface area contributed by atoms with Crippen molar-refractivity contribution < 1.29 is 9.53 Å². The average molecular weight is 409 g/mol. The minimum absolute atomic E-state index is 0.0421. The molecule has 2 aliphatic carbocycles. The van der Waals surface area contributed by atoms with E-state index in [4.69, 9.17) is 9.84 Å². The van der Waals surface area contributed by atoms with Crippen LogP contribution >= 0.6 is 0 Å². The molecule has 0 bridgehead atoms. The number of carbonyl (C=O) groups is 1. The van der Waals surface area contributed by atoms with Crippen LogP contribution in [0.25, 0.3) is 5.69 Å². The van der Waals surface area contributed by atoms with Gasteiger partial charge in [0.2, 0.25) is 0 Å². The number of urea groups is 1. The van der Waals surface area contributed by atoms with Gasteiger partial charge in [0, 0.05) is 29.3 Å². The van der Waals surface area contributed by atoms with Crippen LogP contribution in [0.3, 0.4) is 0 Å². The van der Waals surface area contributed by atoms with Crippen molar-refractivity contribution in [2.75, 3.05) is 7.11 Å². The zero-order valence-electron chi connectivity index (χ0n) is 18.1. The van der Waals surface area contributed by atoms with Gasteiger partial charge in [-0.25, -0.2) is 9.48 Å². The molecule has 0 unspecified atom stereocenters. The first kappa shape index (κ1) is 20.5.